The van der Waals surface area contributed by atoms with Crippen molar-refractivity contribution in [2.45, 2.75) is 6.10 Å². The van der Waals surface area contributed by atoms with Crippen molar-refractivity contribution in [1.29, 1.82) is 0 Å². The number of hydrogen-bond donors (Lipinski definition) is 2. The maximum atomic E-state index is 13.4. The summed E-state index contributed by atoms with van der Waals surface area (Å²) in [4.78, 5) is 11.8. The number of amides is 1. The van der Waals surface area contributed by atoms with Crippen LogP contribution in [0.15, 0.2) is 42.5 Å². The van der Waals surface area contributed by atoms with Gasteiger partial charge in [0, 0.05) is 22.2 Å². The lowest BCUT2D eigenvalue weighted by Gasteiger charge is -2.14. The number of halogens is 3. The number of hydrogen-bond acceptors (Lipinski definition) is 2. The minimum absolute atomic E-state index is 0.0769. The SMILES string of the molecule is O=C(NCC(O)c1ccc(Cl)cc1Cl)c1ccccc1F. The Kier molecular flexibility index (Phi) is 5.17. The summed E-state index contributed by atoms with van der Waals surface area (Å²) in [6.07, 6.45) is -1.01. The lowest BCUT2D eigenvalue weighted by atomic mass is 10.1. The van der Waals surface area contributed by atoms with Gasteiger partial charge in [-0.25, -0.2) is 4.39 Å². The first-order valence-electron chi connectivity index (χ1n) is 6.15. The first-order chi connectivity index (χ1) is 9.99. The topological polar surface area (TPSA) is 49.3 Å². The number of nitrogens with one attached hydrogen (secondary N) is 1. The third-order valence-electron chi connectivity index (χ3n) is 2.90. The summed E-state index contributed by atoms with van der Waals surface area (Å²) in [5.41, 5.74) is 0.363. The lowest BCUT2D eigenvalue weighted by Crippen LogP contribution is -2.29. The normalized spacial score (nSPS) is 12.0. The number of carbonyl (C=O) groups is 1. The zero-order chi connectivity index (χ0) is 15.4. The third-order valence-corrected chi connectivity index (χ3v) is 3.46. The van der Waals surface area contributed by atoms with Crippen LogP contribution in [0, 0.1) is 5.82 Å². The summed E-state index contributed by atoms with van der Waals surface area (Å²) in [6, 6.07) is 10.3. The minimum atomic E-state index is -1.01. The Balaban J connectivity index is 2.02. The molecule has 2 N–H and O–H groups in total. The Hall–Kier alpha value is -1.62. The molecule has 0 heterocycles. The Bertz CT molecular complexity index is 664. The van der Waals surface area contributed by atoms with E-state index in [9.17, 15) is 14.3 Å². The Morgan fingerprint density at radius 2 is 1.95 bits per heavy atom. The first kappa shape index (κ1) is 15.8. The Morgan fingerprint density at radius 1 is 1.24 bits per heavy atom. The van der Waals surface area contributed by atoms with E-state index in [4.69, 9.17) is 23.2 Å². The Morgan fingerprint density at radius 3 is 2.62 bits per heavy atom. The molecule has 0 fully saturated rings. The summed E-state index contributed by atoms with van der Waals surface area (Å²) < 4.78 is 13.4. The van der Waals surface area contributed by atoms with Crippen molar-refractivity contribution in [2.24, 2.45) is 0 Å². The fourth-order valence-corrected chi connectivity index (χ4v) is 2.35. The van der Waals surface area contributed by atoms with Gasteiger partial charge in [0.15, 0.2) is 0 Å². The molecular formula is C15H12Cl2FNO2. The predicted octanol–water partition coefficient (Wildman–Crippen LogP) is 3.60. The molecule has 0 aromatic heterocycles. The maximum Gasteiger partial charge on any atom is 0.254 e. The molecule has 0 aliphatic rings. The van der Waals surface area contributed by atoms with Crippen molar-refractivity contribution in [3.63, 3.8) is 0 Å². The van der Waals surface area contributed by atoms with Gasteiger partial charge >= 0.3 is 0 Å². The van der Waals surface area contributed by atoms with E-state index in [1.165, 1.54) is 24.3 Å². The van der Waals surface area contributed by atoms with Crippen molar-refractivity contribution in [3.05, 3.63) is 69.5 Å². The second-order valence-electron chi connectivity index (χ2n) is 4.37. The molecule has 2 aromatic carbocycles. The standard InChI is InChI=1S/C15H12Cl2FNO2/c16-9-5-6-10(12(17)7-9)14(20)8-19-15(21)11-3-1-2-4-13(11)18/h1-7,14,20H,8H2,(H,19,21). The Labute approximate surface area is 131 Å². The smallest absolute Gasteiger partial charge is 0.254 e. The quantitative estimate of drug-likeness (QED) is 0.901. The summed E-state index contributed by atoms with van der Waals surface area (Å²) in [7, 11) is 0. The second-order valence-corrected chi connectivity index (χ2v) is 5.22. The second kappa shape index (κ2) is 6.89. The van der Waals surface area contributed by atoms with E-state index in [-0.39, 0.29) is 12.1 Å². The van der Waals surface area contributed by atoms with Crippen LogP contribution in [0.4, 0.5) is 4.39 Å². The number of benzene rings is 2. The fourth-order valence-electron chi connectivity index (χ4n) is 1.81. The molecule has 21 heavy (non-hydrogen) atoms. The van der Waals surface area contributed by atoms with Gasteiger partial charge in [0.2, 0.25) is 0 Å². The van der Waals surface area contributed by atoms with Crippen LogP contribution in [0.25, 0.3) is 0 Å². The van der Waals surface area contributed by atoms with Gasteiger partial charge in [-0.15, -0.1) is 0 Å². The number of carbonyl (C=O) groups excluding carboxylic acids is 1. The highest BCUT2D eigenvalue weighted by molar-refractivity contribution is 6.35. The van der Waals surface area contributed by atoms with E-state index in [1.807, 2.05) is 0 Å². The third kappa shape index (κ3) is 3.94. The van der Waals surface area contributed by atoms with Crippen LogP contribution < -0.4 is 5.32 Å². The van der Waals surface area contributed by atoms with E-state index in [0.717, 1.165) is 0 Å². The van der Waals surface area contributed by atoms with Gasteiger partial charge < -0.3 is 10.4 Å². The van der Waals surface area contributed by atoms with Gasteiger partial charge in [0.25, 0.3) is 5.91 Å². The molecule has 1 amide bonds. The van der Waals surface area contributed by atoms with Crippen molar-refractivity contribution in [1.82, 2.24) is 5.32 Å². The number of aliphatic hydroxyl groups excluding tert-OH is 1. The van der Waals surface area contributed by atoms with Gasteiger partial charge in [0.1, 0.15) is 5.82 Å². The molecule has 0 radical (unpaired) electrons. The van der Waals surface area contributed by atoms with Crippen LogP contribution in [0.5, 0.6) is 0 Å². The summed E-state index contributed by atoms with van der Waals surface area (Å²) in [6.45, 7) is -0.0888. The highest BCUT2D eigenvalue weighted by Crippen LogP contribution is 2.25. The predicted molar refractivity (Wildman–Crippen MR) is 80.2 cm³/mol. The molecular weight excluding hydrogens is 316 g/mol. The van der Waals surface area contributed by atoms with Gasteiger partial charge in [-0.3, -0.25) is 4.79 Å². The molecule has 0 spiro atoms. The molecule has 0 aliphatic carbocycles. The molecule has 0 saturated carbocycles. The van der Waals surface area contributed by atoms with Crippen molar-refractivity contribution >= 4 is 29.1 Å². The highest BCUT2D eigenvalue weighted by atomic mass is 35.5. The van der Waals surface area contributed by atoms with E-state index >= 15 is 0 Å². The average Bonchev–Trinajstić information content (AvgIpc) is 2.45. The summed E-state index contributed by atoms with van der Waals surface area (Å²) in [5.74, 6) is -1.22. The summed E-state index contributed by atoms with van der Waals surface area (Å²) in [5, 5.41) is 13.2. The monoisotopic (exact) mass is 327 g/mol. The largest absolute Gasteiger partial charge is 0.387 e. The van der Waals surface area contributed by atoms with Crippen molar-refractivity contribution in [2.75, 3.05) is 6.54 Å². The van der Waals surface area contributed by atoms with E-state index in [0.29, 0.717) is 15.6 Å². The highest BCUT2D eigenvalue weighted by Gasteiger charge is 2.15. The maximum absolute atomic E-state index is 13.4. The van der Waals surface area contributed by atoms with Crippen LogP contribution in [0.3, 0.4) is 0 Å². The molecule has 2 rings (SSSR count). The molecule has 0 bridgehead atoms. The average molecular weight is 328 g/mol. The van der Waals surface area contributed by atoms with Crippen LogP contribution >= 0.6 is 23.2 Å². The first-order valence-corrected chi connectivity index (χ1v) is 6.90. The molecule has 1 atom stereocenters. The van der Waals surface area contributed by atoms with Crippen LogP contribution in [0.1, 0.15) is 22.0 Å². The molecule has 2 aromatic rings. The van der Waals surface area contributed by atoms with E-state index < -0.39 is 17.8 Å². The van der Waals surface area contributed by atoms with Gasteiger partial charge in [-0.2, -0.15) is 0 Å². The lowest BCUT2D eigenvalue weighted by molar-refractivity contribution is 0.0912. The van der Waals surface area contributed by atoms with Gasteiger partial charge in [0.05, 0.1) is 11.7 Å². The fraction of sp³-hybridized carbons (Fsp3) is 0.133. The molecule has 0 aliphatic heterocycles. The van der Waals surface area contributed by atoms with Gasteiger partial charge in [-0.1, -0.05) is 41.4 Å². The molecule has 3 nitrogen and oxygen atoms in total. The van der Waals surface area contributed by atoms with Crippen LogP contribution in [0.2, 0.25) is 10.0 Å². The van der Waals surface area contributed by atoms with Crippen LogP contribution in [-0.2, 0) is 0 Å². The summed E-state index contributed by atoms with van der Waals surface area (Å²) >= 11 is 11.7. The molecule has 110 valence electrons. The number of aliphatic hydroxyl groups is 1. The zero-order valence-electron chi connectivity index (χ0n) is 10.8. The minimum Gasteiger partial charge on any atom is -0.387 e. The van der Waals surface area contributed by atoms with E-state index in [2.05, 4.69) is 5.32 Å². The molecule has 0 saturated heterocycles. The zero-order valence-corrected chi connectivity index (χ0v) is 12.3. The van der Waals surface area contributed by atoms with E-state index in [1.54, 1.807) is 18.2 Å². The molecule has 6 heteroatoms. The van der Waals surface area contributed by atoms with Crippen LogP contribution in [-0.4, -0.2) is 17.6 Å². The van der Waals surface area contributed by atoms with Crippen molar-refractivity contribution in [3.8, 4) is 0 Å². The molecule has 1 unspecified atom stereocenters. The number of rotatable bonds is 4. The van der Waals surface area contributed by atoms with Gasteiger partial charge in [-0.05, 0) is 24.3 Å². The van der Waals surface area contributed by atoms with Crippen molar-refractivity contribution < 1.29 is 14.3 Å².